The smallest absolute Gasteiger partial charge is 0.270 e. The molecule has 1 aliphatic rings. The molecule has 0 aliphatic carbocycles. The van der Waals surface area contributed by atoms with Crippen molar-refractivity contribution in [1.29, 1.82) is 0 Å². The Bertz CT molecular complexity index is 1070. The van der Waals surface area contributed by atoms with Crippen molar-refractivity contribution in [2.45, 2.75) is 12.8 Å². The molecule has 0 unspecified atom stereocenters. The summed E-state index contributed by atoms with van der Waals surface area (Å²) in [6.07, 6.45) is 3.09. The summed E-state index contributed by atoms with van der Waals surface area (Å²) in [5, 5.41) is 2.95. The lowest BCUT2D eigenvalue weighted by Crippen LogP contribution is -2.42. The van der Waals surface area contributed by atoms with Gasteiger partial charge in [0, 0.05) is 43.5 Å². The molecule has 4 rings (SSSR count). The topological polar surface area (TPSA) is 54.3 Å². The van der Waals surface area contributed by atoms with Crippen LogP contribution in [-0.2, 0) is 11.8 Å². The zero-order valence-electron chi connectivity index (χ0n) is 16.8. The van der Waals surface area contributed by atoms with Crippen molar-refractivity contribution in [1.82, 2.24) is 9.47 Å². The Morgan fingerprint density at radius 1 is 1.00 bits per heavy atom. The van der Waals surface area contributed by atoms with Crippen LogP contribution in [0, 0.1) is 11.7 Å². The van der Waals surface area contributed by atoms with E-state index in [1.165, 1.54) is 6.07 Å². The van der Waals surface area contributed by atoms with Gasteiger partial charge in [0.25, 0.3) is 5.91 Å². The number of carbonyl (C=O) groups excluding carboxylic acids is 2. The minimum absolute atomic E-state index is 0.000975. The second-order valence-electron chi connectivity index (χ2n) is 7.62. The number of aromatic nitrogens is 1. The molecule has 2 amide bonds. The molecule has 0 bridgehead atoms. The Balaban J connectivity index is 1.38. The first-order valence-corrected chi connectivity index (χ1v) is 10.1. The molecule has 3 aromatic rings. The van der Waals surface area contributed by atoms with Gasteiger partial charge in [0.2, 0.25) is 5.91 Å². The Morgan fingerprint density at radius 2 is 1.77 bits per heavy atom. The summed E-state index contributed by atoms with van der Waals surface area (Å²) in [5.41, 5.74) is 2.51. The minimum atomic E-state index is -0.295. The largest absolute Gasteiger partial charge is 0.347 e. The molecular formula is C24H24FN3O2. The van der Waals surface area contributed by atoms with Crippen LogP contribution in [0.4, 0.5) is 10.1 Å². The maximum atomic E-state index is 14.1. The van der Waals surface area contributed by atoms with Gasteiger partial charge in [-0.3, -0.25) is 9.59 Å². The number of rotatable bonds is 4. The lowest BCUT2D eigenvalue weighted by Gasteiger charge is -2.31. The van der Waals surface area contributed by atoms with Crippen LogP contribution in [0.5, 0.6) is 0 Å². The molecule has 1 N–H and O–H groups in total. The van der Waals surface area contributed by atoms with E-state index in [-0.39, 0.29) is 23.5 Å². The van der Waals surface area contributed by atoms with E-state index in [0.717, 1.165) is 0 Å². The number of likely N-dealkylation sites (tertiary alicyclic amines) is 1. The molecule has 6 heteroatoms. The first-order valence-electron chi connectivity index (χ1n) is 10.1. The molecule has 0 radical (unpaired) electrons. The van der Waals surface area contributed by atoms with Crippen LogP contribution >= 0.6 is 0 Å². The Hall–Kier alpha value is -3.41. The molecule has 2 aromatic carbocycles. The lowest BCUT2D eigenvalue weighted by atomic mass is 9.95. The third-order valence-corrected chi connectivity index (χ3v) is 5.63. The standard InChI is InChI=1S/C24H24FN3O2/c1-27-13-5-10-22(27)24(30)28-14-11-17(12-15-28)23(29)26-19-7-4-6-18(16-19)20-8-2-3-9-21(20)25/h2-10,13,16-17H,11-12,14-15H2,1H3,(H,26,29). The third kappa shape index (κ3) is 4.13. The molecule has 0 atom stereocenters. The summed E-state index contributed by atoms with van der Waals surface area (Å²) >= 11 is 0. The van der Waals surface area contributed by atoms with Gasteiger partial charge in [-0.25, -0.2) is 4.39 Å². The van der Waals surface area contributed by atoms with E-state index in [1.807, 2.05) is 36.0 Å². The fourth-order valence-corrected chi connectivity index (χ4v) is 3.89. The van der Waals surface area contributed by atoms with Gasteiger partial charge in [-0.2, -0.15) is 0 Å². The van der Waals surface area contributed by atoms with Crippen LogP contribution in [0.15, 0.2) is 66.9 Å². The maximum Gasteiger partial charge on any atom is 0.270 e. The quantitative estimate of drug-likeness (QED) is 0.703. The average Bonchev–Trinajstić information content (AvgIpc) is 3.19. The maximum absolute atomic E-state index is 14.1. The number of piperidine rings is 1. The fraction of sp³-hybridized carbons (Fsp3) is 0.250. The van der Waals surface area contributed by atoms with Gasteiger partial charge < -0.3 is 14.8 Å². The number of hydrogen-bond acceptors (Lipinski definition) is 2. The van der Waals surface area contributed by atoms with Crippen LogP contribution < -0.4 is 5.32 Å². The number of amides is 2. The van der Waals surface area contributed by atoms with Gasteiger partial charge in [0.15, 0.2) is 0 Å². The van der Waals surface area contributed by atoms with E-state index in [2.05, 4.69) is 5.32 Å². The van der Waals surface area contributed by atoms with Gasteiger partial charge in [-0.15, -0.1) is 0 Å². The molecule has 0 saturated carbocycles. The molecule has 30 heavy (non-hydrogen) atoms. The zero-order valence-corrected chi connectivity index (χ0v) is 16.8. The summed E-state index contributed by atoms with van der Waals surface area (Å²) < 4.78 is 15.9. The highest BCUT2D eigenvalue weighted by molar-refractivity contribution is 5.95. The van der Waals surface area contributed by atoms with Crippen LogP contribution in [0.3, 0.4) is 0 Å². The highest BCUT2D eigenvalue weighted by Crippen LogP contribution is 2.26. The molecule has 1 aliphatic heterocycles. The van der Waals surface area contributed by atoms with Gasteiger partial charge in [-0.05, 0) is 48.7 Å². The number of halogens is 1. The van der Waals surface area contributed by atoms with Crippen molar-refractivity contribution < 1.29 is 14.0 Å². The monoisotopic (exact) mass is 405 g/mol. The van der Waals surface area contributed by atoms with Crippen LogP contribution in [-0.4, -0.2) is 34.4 Å². The first-order chi connectivity index (χ1) is 14.5. The highest BCUT2D eigenvalue weighted by atomic mass is 19.1. The Labute approximate surface area is 175 Å². The average molecular weight is 405 g/mol. The fourth-order valence-electron chi connectivity index (χ4n) is 3.89. The van der Waals surface area contributed by atoms with Gasteiger partial charge in [0.05, 0.1) is 0 Å². The summed E-state index contributed by atoms with van der Waals surface area (Å²) in [6, 6.07) is 17.4. The number of hydrogen-bond donors (Lipinski definition) is 1. The van der Waals surface area contributed by atoms with E-state index in [0.29, 0.717) is 48.4 Å². The lowest BCUT2D eigenvalue weighted by molar-refractivity contribution is -0.121. The Kier molecular flexibility index (Phi) is 5.65. The molecule has 1 aromatic heterocycles. The number of anilines is 1. The third-order valence-electron chi connectivity index (χ3n) is 5.63. The van der Waals surface area contributed by atoms with E-state index in [4.69, 9.17) is 0 Å². The van der Waals surface area contributed by atoms with Gasteiger partial charge >= 0.3 is 0 Å². The molecule has 1 saturated heterocycles. The SMILES string of the molecule is Cn1cccc1C(=O)N1CCC(C(=O)Nc2cccc(-c3ccccc3F)c2)CC1. The summed E-state index contributed by atoms with van der Waals surface area (Å²) in [6.45, 7) is 1.11. The van der Waals surface area contributed by atoms with Crippen molar-refractivity contribution in [3.05, 3.63) is 78.4 Å². The normalized spacial score (nSPS) is 14.5. The molecule has 5 nitrogen and oxygen atoms in total. The zero-order chi connectivity index (χ0) is 21.1. The van der Waals surface area contributed by atoms with E-state index in [1.54, 1.807) is 41.3 Å². The van der Waals surface area contributed by atoms with Crippen LogP contribution in [0.1, 0.15) is 23.3 Å². The predicted octanol–water partition coefficient (Wildman–Crippen LogP) is 4.32. The number of carbonyl (C=O) groups is 2. The van der Waals surface area contributed by atoms with Crippen LogP contribution in [0.2, 0.25) is 0 Å². The second kappa shape index (κ2) is 8.53. The van der Waals surface area contributed by atoms with E-state index >= 15 is 0 Å². The van der Waals surface area contributed by atoms with Crippen molar-refractivity contribution in [2.75, 3.05) is 18.4 Å². The number of benzene rings is 2. The number of nitrogens with one attached hydrogen (secondary N) is 1. The van der Waals surface area contributed by atoms with E-state index < -0.39 is 0 Å². The molecule has 0 spiro atoms. The number of aryl methyl sites for hydroxylation is 1. The highest BCUT2D eigenvalue weighted by Gasteiger charge is 2.28. The van der Waals surface area contributed by atoms with E-state index in [9.17, 15) is 14.0 Å². The van der Waals surface area contributed by atoms with Crippen molar-refractivity contribution in [3.63, 3.8) is 0 Å². The molecular weight excluding hydrogens is 381 g/mol. The van der Waals surface area contributed by atoms with Gasteiger partial charge in [0.1, 0.15) is 11.5 Å². The summed E-state index contributed by atoms with van der Waals surface area (Å²) in [7, 11) is 1.85. The molecule has 1 fully saturated rings. The summed E-state index contributed by atoms with van der Waals surface area (Å²) in [4.78, 5) is 27.2. The first kappa shape index (κ1) is 19.9. The van der Waals surface area contributed by atoms with Crippen molar-refractivity contribution in [3.8, 4) is 11.1 Å². The predicted molar refractivity (Wildman–Crippen MR) is 115 cm³/mol. The molecule has 2 heterocycles. The van der Waals surface area contributed by atoms with Crippen LogP contribution in [0.25, 0.3) is 11.1 Å². The minimum Gasteiger partial charge on any atom is -0.347 e. The second-order valence-corrected chi connectivity index (χ2v) is 7.62. The summed E-state index contributed by atoms with van der Waals surface area (Å²) in [5.74, 6) is -0.513. The molecule has 154 valence electrons. The number of nitrogens with zero attached hydrogens (tertiary/aromatic N) is 2. The van der Waals surface area contributed by atoms with Crippen molar-refractivity contribution >= 4 is 17.5 Å². The van der Waals surface area contributed by atoms with Crippen molar-refractivity contribution in [2.24, 2.45) is 13.0 Å². The van der Waals surface area contributed by atoms with Gasteiger partial charge in [-0.1, -0.05) is 30.3 Å². The Morgan fingerprint density at radius 3 is 2.47 bits per heavy atom.